The van der Waals surface area contributed by atoms with Gasteiger partial charge in [0.15, 0.2) is 17.3 Å². The van der Waals surface area contributed by atoms with Crippen LogP contribution >= 0.6 is 0 Å². The molecule has 2 aliphatic rings. The van der Waals surface area contributed by atoms with Gasteiger partial charge in [-0.15, -0.1) is 0 Å². The Morgan fingerprint density at radius 2 is 1.97 bits per heavy atom. The fourth-order valence-corrected chi connectivity index (χ4v) is 4.44. The molecule has 2 N–H and O–H groups in total. The number of carbonyl (C=O) groups excluding carboxylic acids is 3. The van der Waals surface area contributed by atoms with Crippen molar-refractivity contribution in [3.05, 3.63) is 46.3 Å². The number of Topliss-reactive ketones (excluding diaryl/α,β-unsaturated/α-hetero) is 1. The molecule has 0 radical (unpaired) electrons. The monoisotopic (exact) mass is 443 g/mol. The van der Waals surface area contributed by atoms with Crippen molar-refractivity contribution in [2.24, 2.45) is 11.8 Å². The van der Waals surface area contributed by atoms with Crippen molar-refractivity contribution < 1.29 is 33.7 Å². The molecule has 1 aliphatic carbocycles. The zero-order valence-electron chi connectivity index (χ0n) is 19.0. The van der Waals surface area contributed by atoms with Crippen LogP contribution in [-0.2, 0) is 23.9 Å². The largest absolute Gasteiger partial charge is 0.504 e. The van der Waals surface area contributed by atoms with E-state index in [2.05, 4.69) is 5.32 Å². The number of phenols is 1. The van der Waals surface area contributed by atoms with Gasteiger partial charge in [0.05, 0.1) is 26.4 Å². The number of phenolic OH excluding ortho intramolecular Hbond substituents is 1. The first-order valence-electron chi connectivity index (χ1n) is 10.6. The third-order valence-corrected chi connectivity index (χ3v) is 5.94. The van der Waals surface area contributed by atoms with Gasteiger partial charge in [-0.25, -0.2) is 4.79 Å². The highest BCUT2D eigenvalue weighted by atomic mass is 16.5. The summed E-state index contributed by atoms with van der Waals surface area (Å²) in [4.78, 5) is 39.1. The molecule has 8 nitrogen and oxygen atoms in total. The van der Waals surface area contributed by atoms with Crippen LogP contribution in [0.2, 0.25) is 0 Å². The molecule has 3 atom stereocenters. The molecule has 3 rings (SSSR count). The smallest absolute Gasteiger partial charge is 0.336 e. The van der Waals surface area contributed by atoms with Crippen LogP contribution in [0.25, 0.3) is 0 Å². The van der Waals surface area contributed by atoms with Crippen molar-refractivity contribution in [3.8, 4) is 11.5 Å². The molecule has 0 spiro atoms. The third kappa shape index (κ3) is 4.09. The highest BCUT2D eigenvalue weighted by Gasteiger charge is 2.47. The Morgan fingerprint density at radius 3 is 2.56 bits per heavy atom. The second kappa shape index (κ2) is 9.46. The number of methoxy groups -OCH3 is 2. The Bertz CT molecular complexity index is 1010. The predicted molar refractivity (Wildman–Crippen MR) is 116 cm³/mol. The summed E-state index contributed by atoms with van der Waals surface area (Å²) in [6.07, 6.45) is 1.09. The molecule has 1 aromatic rings. The summed E-state index contributed by atoms with van der Waals surface area (Å²) in [5.41, 5.74) is 2.34. The van der Waals surface area contributed by atoms with Crippen LogP contribution in [0, 0.1) is 11.8 Å². The molecule has 1 heterocycles. The van der Waals surface area contributed by atoms with Crippen LogP contribution in [0.3, 0.4) is 0 Å². The van der Waals surface area contributed by atoms with Crippen LogP contribution in [0.4, 0.5) is 0 Å². The van der Waals surface area contributed by atoms with E-state index in [0.29, 0.717) is 35.4 Å². The van der Waals surface area contributed by atoms with Crippen LogP contribution in [0.1, 0.15) is 45.1 Å². The first-order chi connectivity index (χ1) is 15.2. The number of aromatic hydroxyl groups is 1. The van der Waals surface area contributed by atoms with E-state index in [1.54, 1.807) is 19.1 Å². The molecule has 0 unspecified atom stereocenters. The Kier molecular flexibility index (Phi) is 6.91. The molecule has 0 bridgehead atoms. The van der Waals surface area contributed by atoms with Gasteiger partial charge >= 0.3 is 11.9 Å². The third-order valence-electron chi connectivity index (χ3n) is 5.94. The summed E-state index contributed by atoms with van der Waals surface area (Å²) >= 11 is 0. The van der Waals surface area contributed by atoms with Crippen molar-refractivity contribution in [1.82, 2.24) is 5.32 Å². The highest BCUT2D eigenvalue weighted by molar-refractivity contribution is 6.12. The number of rotatable bonds is 6. The number of hydrogen-bond acceptors (Lipinski definition) is 8. The van der Waals surface area contributed by atoms with E-state index in [-0.39, 0.29) is 29.6 Å². The molecular formula is C24H29NO7. The topological polar surface area (TPSA) is 111 Å². The summed E-state index contributed by atoms with van der Waals surface area (Å²) in [5.74, 6) is -3.45. The summed E-state index contributed by atoms with van der Waals surface area (Å²) in [6, 6.07) is 4.74. The lowest BCUT2D eigenvalue weighted by molar-refractivity contribution is -0.151. The van der Waals surface area contributed by atoms with E-state index < -0.39 is 29.6 Å². The summed E-state index contributed by atoms with van der Waals surface area (Å²) in [6.45, 7) is 5.70. The van der Waals surface area contributed by atoms with Gasteiger partial charge in [-0.05, 0) is 43.4 Å². The van der Waals surface area contributed by atoms with Gasteiger partial charge in [0.25, 0.3) is 0 Å². The number of allylic oxidation sites excluding steroid dienone is 3. The lowest BCUT2D eigenvalue weighted by Gasteiger charge is -2.38. The van der Waals surface area contributed by atoms with Gasteiger partial charge in [-0.2, -0.15) is 0 Å². The first-order valence-corrected chi connectivity index (χ1v) is 10.6. The van der Waals surface area contributed by atoms with Crippen LogP contribution in [0.15, 0.2) is 40.7 Å². The summed E-state index contributed by atoms with van der Waals surface area (Å²) < 4.78 is 15.4. The van der Waals surface area contributed by atoms with E-state index in [1.165, 1.54) is 20.3 Å². The average molecular weight is 443 g/mol. The number of benzene rings is 1. The van der Waals surface area contributed by atoms with Crippen LogP contribution < -0.4 is 10.1 Å². The fourth-order valence-electron chi connectivity index (χ4n) is 4.44. The lowest BCUT2D eigenvalue weighted by Crippen LogP contribution is -2.43. The molecule has 0 saturated heterocycles. The number of ketones is 1. The van der Waals surface area contributed by atoms with E-state index in [0.717, 1.165) is 0 Å². The molecular weight excluding hydrogens is 414 g/mol. The van der Waals surface area contributed by atoms with Gasteiger partial charge in [-0.1, -0.05) is 19.9 Å². The minimum absolute atomic E-state index is 0.120. The quantitative estimate of drug-likeness (QED) is 0.510. The number of hydrogen-bond donors (Lipinski definition) is 2. The number of esters is 2. The van der Waals surface area contributed by atoms with Crippen molar-refractivity contribution in [1.29, 1.82) is 0 Å². The molecule has 8 heteroatoms. The standard InChI is InChI=1S/C24H29NO7/c1-6-9-32-24(29)19-13(3)25-15-10-12(2)18(23(28)31-5)22(27)21(15)20(19)14-7-8-17(30-4)16(26)11-14/h7-8,11-12,18,20,25-26H,6,9-10H2,1-5H3/t12-,18-,20+/m0/s1. The Hall–Kier alpha value is -3.29. The van der Waals surface area contributed by atoms with E-state index in [1.807, 2.05) is 13.8 Å². The predicted octanol–water partition coefficient (Wildman–Crippen LogP) is 2.97. The van der Waals surface area contributed by atoms with Gasteiger partial charge in [0, 0.05) is 22.9 Å². The lowest BCUT2D eigenvalue weighted by atomic mass is 9.69. The van der Waals surface area contributed by atoms with Gasteiger partial charge in [0.2, 0.25) is 0 Å². The maximum atomic E-state index is 13.6. The summed E-state index contributed by atoms with van der Waals surface area (Å²) in [7, 11) is 2.69. The molecule has 0 aromatic heterocycles. The molecule has 172 valence electrons. The first kappa shape index (κ1) is 23.4. The second-order valence-electron chi connectivity index (χ2n) is 8.10. The number of nitrogens with one attached hydrogen (secondary N) is 1. The SMILES string of the molecule is CCCOC(=O)C1=C(C)NC2=C(C(=O)[C@@H](C(=O)OC)[C@@H](C)C2)[C@@H]1c1ccc(OC)c(O)c1. The second-order valence-corrected chi connectivity index (χ2v) is 8.10. The van der Waals surface area contributed by atoms with Crippen molar-refractivity contribution >= 4 is 17.7 Å². The van der Waals surface area contributed by atoms with E-state index >= 15 is 0 Å². The molecule has 0 amide bonds. The number of dihydropyridines is 1. The fraction of sp³-hybridized carbons (Fsp3) is 0.458. The Labute approximate surface area is 187 Å². The van der Waals surface area contributed by atoms with Gasteiger partial charge in [-0.3, -0.25) is 9.59 Å². The average Bonchev–Trinajstić information content (AvgIpc) is 2.76. The zero-order valence-corrected chi connectivity index (χ0v) is 19.0. The maximum Gasteiger partial charge on any atom is 0.336 e. The maximum absolute atomic E-state index is 13.6. The Morgan fingerprint density at radius 1 is 1.25 bits per heavy atom. The number of carbonyl (C=O) groups is 3. The van der Waals surface area contributed by atoms with Crippen molar-refractivity contribution in [2.45, 2.75) is 39.5 Å². The summed E-state index contributed by atoms with van der Waals surface area (Å²) in [5, 5.41) is 13.6. The van der Waals surface area contributed by atoms with E-state index in [9.17, 15) is 19.5 Å². The Balaban J connectivity index is 2.18. The molecule has 0 fully saturated rings. The molecule has 1 aromatic carbocycles. The van der Waals surface area contributed by atoms with Crippen molar-refractivity contribution in [2.75, 3.05) is 20.8 Å². The molecule has 0 saturated carbocycles. The zero-order chi connectivity index (χ0) is 23.6. The minimum Gasteiger partial charge on any atom is -0.504 e. The van der Waals surface area contributed by atoms with Crippen LogP contribution in [0.5, 0.6) is 11.5 Å². The molecule has 32 heavy (non-hydrogen) atoms. The number of ether oxygens (including phenoxy) is 3. The van der Waals surface area contributed by atoms with E-state index in [4.69, 9.17) is 14.2 Å². The molecule has 1 aliphatic heterocycles. The van der Waals surface area contributed by atoms with Crippen molar-refractivity contribution in [3.63, 3.8) is 0 Å². The normalized spacial score (nSPS) is 22.8. The highest BCUT2D eigenvalue weighted by Crippen LogP contribution is 2.46. The minimum atomic E-state index is -0.971. The van der Waals surface area contributed by atoms with Gasteiger partial charge in [0.1, 0.15) is 5.92 Å². The van der Waals surface area contributed by atoms with Crippen LogP contribution in [-0.4, -0.2) is 43.7 Å². The van der Waals surface area contributed by atoms with Gasteiger partial charge < -0.3 is 24.6 Å².